The number of imidazole rings is 1. The van der Waals surface area contributed by atoms with Crippen LogP contribution in [-0.4, -0.2) is 20.5 Å². The lowest BCUT2D eigenvalue weighted by atomic mass is 10.1. The molecule has 29 heavy (non-hydrogen) atoms. The highest BCUT2D eigenvalue weighted by molar-refractivity contribution is 5.88. The Labute approximate surface area is 169 Å². The molecule has 2 heterocycles. The number of H-pyrrole nitrogens is 1. The Hall–Kier alpha value is -3.38. The molecule has 0 unspecified atom stereocenters. The Morgan fingerprint density at radius 3 is 2.69 bits per heavy atom. The standard InChI is InChI=1S/C23H24N4O2/c1-15-21(23(28)29-14-16-8-4-3-5-9-16)26-22(25-15)19(24)12-17-13-27(2)20-11-7-6-10-18(17)20/h3-11,13,19H,12,14,24H2,1-2H3,(H,25,26)/t19-/m1/s1. The number of fused-ring (bicyclic) bond motifs is 1. The van der Waals surface area contributed by atoms with Gasteiger partial charge in [-0.3, -0.25) is 0 Å². The second-order valence-electron chi connectivity index (χ2n) is 7.25. The van der Waals surface area contributed by atoms with Crippen molar-refractivity contribution < 1.29 is 9.53 Å². The van der Waals surface area contributed by atoms with Crippen LogP contribution in [0.15, 0.2) is 60.8 Å². The molecule has 0 spiro atoms. The molecule has 2 aromatic heterocycles. The van der Waals surface area contributed by atoms with Gasteiger partial charge in [-0.25, -0.2) is 9.78 Å². The van der Waals surface area contributed by atoms with Crippen LogP contribution in [0.5, 0.6) is 0 Å². The molecule has 2 aromatic carbocycles. The maximum Gasteiger partial charge on any atom is 0.359 e. The highest BCUT2D eigenvalue weighted by Gasteiger charge is 2.21. The second-order valence-corrected chi connectivity index (χ2v) is 7.25. The Bertz CT molecular complexity index is 1140. The van der Waals surface area contributed by atoms with E-state index in [1.807, 2.05) is 49.5 Å². The summed E-state index contributed by atoms with van der Waals surface area (Å²) >= 11 is 0. The number of benzene rings is 2. The summed E-state index contributed by atoms with van der Waals surface area (Å²) in [4.78, 5) is 20.1. The summed E-state index contributed by atoms with van der Waals surface area (Å²) in [5.41, 5.74) is 10.6. The summed E-state index contributed by atoms with van der Waals surface area (Å²) in [5, 5.41) is 1.18. The first-order valence-electron chi connectivity index (χ1n) is 9.59. The molecule has 4 aromatic rings. The highest BCUT2D eigenvalue weighted by Crippen LogP contribution is 2.24. The van der Waals surface area contributed by atoms with Crippen molar-refractivity contribution in [3.05, 3.63) is 89.1 Å². The maximum absolute atomic E-state index is 12.5. The van der Waals surface area contributed by atoms with Crippen LogP contribution in [0.25, 0.3) is 10.9 Å². The molecule has 0 aliphatic heterocycles. The first kappa shape index (κ1) is 19.0. The van der Waals surface area contributed by atoms with Crippen molar-refractivity contribution in [3.8, 4) is 0 Å². The van der Waals surface area contributed by atoms with Crippen molar-refractivity contribution in [2.75, 3.05) is 0 Å². The molecule has 0 saturated heterocycles. The number of carbonyl (C=O) groups is 1. The summed E-state index contributed by atoms with van der Waals surface area (Å²) < 4.78 is 7.50. The predicted molar refractivity (Wildman–Crippen MR) is 112 cm³/mol. The van der Waals surface area contributed by atoms with Crippen molar-refractivity contribution in [1.29, 1.82) is 0 Å². The van der Waals surface area contributed by atoms with Gasteiger partial charge in [-0.15, -0.1) is 0 Å². The maximum atomic E-state index is 12.5. The third kappa shape index (κ3) is 3.93. The van der Waals surface area contributed by atoms with Crippen LogP contribution in [0.1, 0.15) is 39.2 Å². The SMILES string of the molecule is Cc1[nH]c([C@H](N)Cc2cn(C)c3ccccc23)nc1C(=O)OCc1ccccc1. The van der Waals surface area contributed by atoms with E-state index >= 15 is 0 Å². The average molecular weight is 388 g/mol. The van der Waals surface area contributed by atoms with Crippen molar-refractivity contribution in [2.45, 2.75) is 26.0 Å². The molecule has 0 bridgehead atoms. The van der Waals surface area contributed by atoms with Gasteiger partial charge in [0, 0.05) is 29.8 Å². The molecule has 6 heteroatoms. The van der Waals surface area contributed by atoms with E-state index in [1.165, 1.54) is 5.39 Å². The van der Waals surface area contributed by atoms with Gasteiger partial charge >= 0.3 is 5.97 Å². The minimum absolute atomic E-state index is 0.212. The fraction of sp³-hybridized carbons (Fsp3) is 0.217. The number of aromatic amines is 1. The van der Waals surface area contributed by atoms with Gasteiger partial charge < -0.3 is 20.0 Å². The van der Waals surface area contributed by atoms with E-state index in [0.717, 1.165) is 16.6 Å². The minimum Gasteiger partial charge on any atom is -0.456 e. The number of aryl methyl sites for hydroxylation is 2. The number of nitrogens with zero attached hydrogens (tertiary/aromatic N) is 2. The van der Waals surface area contributed by atoms with Crippen LogP contribution in [0.2, 0.25) is 0 Å². The van der Waals surface area contributed by atoms with Crippen LogP contribution in [-0.2, 0) is 24.8 Å². The number of esters is 1. The molecule has 4 rings (SSSR count). The number of rotatable bonds is 6. The van der Waals surface area contributed by atoms with Crippen molar-refractivity contribution >= 4 is 16.9 Å². The number of hydrogen-bond donors (Lipinski definition) is 2. The van der Waals surface area contributed by atoms with Gasteiger partial charge in [0.1, 0.15) is 12.4 Å². The molecule has 0 radical (unpaired) electrons. The average Bonchev–Trinajstić information content (AvgIpc) is 3.28. The first-order valence-corrected chi connectivity index (χ1v) is 9.59. The number of hydrogen-bond acceptors (Lipinski definition) is 4. The number of nitrogens with two attached hydrogens (primary N) is 1. The fourth-order valence-electron chi connectivity index (χ4n) is 3.57. The van der Waals surface area contributed by atoms with Gasteiger partial charge in [0.15, 0.2) is 5.69 Å². The molecule has 6 nitrogen and oxygen atoms in total. The molecule has 0 amide bonds. The molecule has 0 fully saturated rings. The van der Waals surface area contributed by atoms with E-state index in [9.17, 15) is 4.79 Å². The Morgan fingerprint density at radius 1 is 1.17 bits per heavy atom. The van der Waals surface area contributed by atoms with Gasteiger partial charge in [0.25, 0.3) is 0 Å². The molecule has 0 aliphatic carbocycles. The van der Waals surface area contributed by atoms with Crippen LogP contribution in [0.3, 0.4) is 0 Å². The van der Waals surface area contributed by atoms with E-state index < -0.39 is 5.97 Å². The third-order valence-corrected chi connectivity index (χ3v) is 5.08. The lowest BCUT2D eigenvalue weighted by molar-refractivity contribution is 0.0465. The zero-order valence-electron chi connectivity index (χ0n) is 16.6. The fourth-order valence-corrected chi connectivity index (χ4v) is 3.57. The molecular weight excluding hydrogens is 364 g/mol. The van der Waals surface area contributed by atoms with Gasteiger partial charge in [-0.05, 0) is 30.5 Å². The summed E-state index contributed by atoms with van der Waals surface area (Å²) in [5.74, 6) is 0.133. The molecule has 1 atom stereocenters. The van der Waals surface area contributed by atoms with E-state index in [2.05, 4.69) is 32.9 Å². The Balaban J connectivity index is 1.48. The largest absolute Gasteiger partial charge is 0.456 e. The summed E-state index contributed by atoms with van der Waals surface area (Å²) in [6, 6.07) is 17.4. The van der Waals surface area contributed by atoms with Crippen molar-refractivity contribution in [2.24, 2.45) is 12.8 Å². The monoisotopic (exact) mass is 388 g/mol. The number of aromatic nitrogens is 3. The van der Waals surface area contributed by atoms with Crippen LogP contribution < -0.4 is 5.73 Å². The molecule has 148 valence electrons. The van der Waals surface area contributed by atoms with Crippen LogP contribution in [0.4, 0.5) is 0 Å². The Kier molecular flexibility index (Phi) is 5.18. The second kappa shape index (κ2) is 7.93. The quantitative estimate of drug-likeness (QED) is 0.492. The first-order chi connectivity index (χ1) is 14.0. The van der Waals surface area contributed by atoms with E-state index in [4.69, 9.17) is 10.5 Å². The highest BCUT2D eigenvalue weighted by atomic mass is 16.5. The van der Waals surface area contributed by atoms with Crippen LogP contribution in [0, 0.1) is 6.92 Å². The van der Waals surface area contributed by atoms with E-state index in [1.54, 1.807) is 6.92 Å². The number of para-hydroxylation sites is 1. The molecular formula is C23H24N4O2. The zero-order chi connectivity index (χ0) is 20.4. The van der Waals surface area contributed by atoms with E-state index in [-0.39, 0.29) is 18.3 Å². The van der Waals surface area contributed by atoms with E-state index in [0.29, 0.717) is 17.9 Å². The topological polar surface area (TPSA) is 85.9 Å². The minimum atomic E-state index is -0.453. The zero-order valence-corrected chi connectivity index (χ0v) is 16.6. The van der Waals surface area contributed by atoms with Gasteiger partial charge in [0.05, 0.1) is 6.04 Å². The normalized spacial score (nSPS) is 12.2. The number of ether oxygens (including phenoxy) is 1. The lowest BCUT2D eigenvalue weighted by Crippen LogP contribution is -2.15. The summed E-state index contributed by atoms with van der Waals surface area (Å²) in [6.07, 6.45) is 2.71. The number of carbonyl (C=O) groups excluding carboxylic acids is 1. The van der Waals surface area contributed by atoms with Gasteiger partial charge in [0.2, 0.25) is 0 Å². The third-order valence-electron chi connectivity index (χ3n) is 5.08. The van der Waals surface area contributed by atoms with Crippen molar-refractivity contribution in [1.82, 2.24) is 14.5 Å². The van der Waals surface area contributed by atoms with Gasteiger partial charge in [-0.1, -0.05) is 48.5 Å². The van der Waals surface area contributed by atoms with Crippen molar-refractivity contribution in [3.63, 3.8) is 0 Å². The smallest absolute Gasteiger partial charge is 0.359 e. The molecule has 3 N–H and O–H groups in total. The van der Waals surface area contributed by atoms with Crippen LogP contribution >= 0.6 is 0 Å². The van der Waals surface area contributed by atoms with Gasteiger partial charge in [-0.2, -0.15) is 0 Å². The summed E-state index contributed by atoms with van der Waals surface area (Å²) in [6.45, 7) is 2.02. The number of nitrogens with one attached hydrogen (secondary N) is 1. The predicted octanol–water partition coefficient (Wildman–Crippen LogP) is 3.81. The Morgan fingerprint density at radius 2 is 1.90 bits per heavy atom. The molecule has 0 aliphatic rings. The lowest BCUT2D eigenvalue weighted by Gasteiger charge is -2.08. The summed E-state index contributed by atoms with van der Waals surface area (Å²) in [7, 11) is 2.02. The molecule has 0 saturated carbocycles.